The summed E-state index contributed by atoms with van der Waals surface area (Å²) < 4.78 is 0. The molecule has 1 N–H and O–H groups in total. The van der Waals surface area contributed by atoms with Gasteiger partial charge in [-0.2, -0.15) is 0 Å². The fraction of sp³-hybridized carbons (Fsp3) is 0.643. The topological polar surface area (TPSA) is 32.3 Å². The predicted octanol–water partition coefficient (Wildman–Crippen LogP) is 2.28. The molecule has 1 aliphatic heterocycles. The molecule has 2 rings (SSSR count). The average molecular weight is 266 g/mol. The molecule has 0 bridgehead atoms. The summed E-state index contributed by atoms with van der Waals surface area (Å²) in [5.41, 5.74) is 0. The minimum atomic E-state index is 0.167. The summed E-state index contributed by atoms with van der Waals surface area (Å²) in [5.74, 6) is 0.167. The largest absolute Gasteiger partial charge is 0.355 e. The summed E-state index contributed by atoms with van der Waals surface area (Å²) in [6.45, 7) is 4.60. The van der Waals surface area contributed by atoms with E-state index in [1.54, 1.807) is 11.3 Å². The van der Waals surface area contributed by atoms with Crippen LogP contribution < -0.4 is 5.32 Å². The summed E-state index contributed by atoms with van der Waals surface area (Å²) >= 11 is 1.75. The van der Waals surface area contributed by atoms with Crippen LogP contribution in [0.2, 0.25) is 0 Å². The van der Waals surface area contributed by atoms with Crippen molar-refractivity contribution in [1.82, 2.24) is 10.2 Å². The number of carbonyl (C=O) groups excluding carboxylic acids is 1. The maximum absolute atomic E-state index is 11.8. The summed E-state index contributed by atoms with van der Waals surface area (Å²) in [7, 11) is 0. The number of hydrogen-bond donors (Lipinski definition) is 1. The van der Waals surface area contributed by atoms with Crippen molar-refractivity contribution in [2.75, 3.05) is 19.6 Å². The molecule has 1 aromatic rings. The summed E-state index contributed by atoms with van der Waals surface area (Å²) in [4.78, 5) is 15.5. The highest BCUT2D eigenvalue weighted by Gasteiger charge is 2.20. The highest BCUT2D eigenvalue weighted by molar-refractivity contribution is 7.09. The van der Waals surface area contributed by atoms with Crippen molar-refractivity contribution < 1.29 is 4.79 Å². The van der Waals surface area contributed by atoms with Crippen molar-refractivity contribution in [3.63, 3.8) is 0 Å². The number of piperidine rings is 1. The third-order valence-electron chi connectivity index (χ3n) is 3.56. The van der Waals surface area contributed by atoms with E-state index in [1.807, 2.05) is 0 Å². The van der Waals surface area contributed by atoms with Gasteiger partial charge in [-0.15, -0.1) is 11.3 Å². The number of likely N-dealkylation sites (tertiary alicyclic amines) is 1. The molecule has 1 aromatic heterocycles. The van der Waals surface area contributed by atoms with Crippen LogP contribution in [-0.4, -0.2) is 36.5 Å². The number of rotatable bonds is 5. The quantitative estimate of drug-likeness (QED) is 0.887. The standard InChI is InChI=1S/C14H22N2OS/c1-12-5-2-3-9-16(12)11-14(17)15-8-7-13-6-4-10-18-13/h4,6,10,12H,2-3,5,7-9,11H2,1H3,(H,15,17)/t12-/m0/s1. The van der Waals surface area contributed by atoms with Crippen LogP contribution >= 0.6 is 11.3 Å². The van der Waals surface area contributed by atoms with Gasteiger partial charge in [0.05, 0.1) is 6.54 Å². The maximum Gasteiger partial charge on any atom is 0.234 e. The van der Waals surface area contributed by atoms with Crippen molar-refractivity contribution in [2.24, 2.45) is 0 Å². The van der Waals surface area contributed by atoms with Gasteiger partial charge in [0.15, 0.2) is 0 Å². The molecule has 0 radical (unpaired) electrons. The Kier molecular flexibility index (Phi) is 5.20. The Labute approximate surface area is 113 Å². The minimum Gasteiger partial charge on any atom is -0.355 e. The normalized spacial score (nSPS) is 20.8. The number of nitrogens with one attached hydrogen (secondary N) is 1. The van der Waals surface area contributed by atoms with Crippen LogP contribution in [0.3, 0.4) is 0 Å². The monoisotopic (exact) mass is 266 g/mol. The van der Waals surface area contributed by atoms with Crippen LogP contribution in [0.4, 0.5) is 0 Å². The lowest BCUT2D eigenvalue weighted by molar-refractivity contribution is -0.123. The Morgan fingerprint density at radius 3 is 3.17 bits per heavy atom. The van der Waals surface area contributed by atoms with E-state index in [0.717, 1.165) is 19.5 Å². The summed E-state index contributed by atoms with van der Waals surface area (Å²) in [5, 5.41) is 5.09. The Balaban J connectivity index is 1.65. The van der Waals surface area contributed by atoms with Gasteiger partial charge in [0, 0.05) is 17.5 Å². The first-order chi connectivity index (χ1) is 8.75. The van der Waals surface area contributed by atoms with E-state index < -0.39 is 0 Å². The lowest BCUT2D eigenvalue weighted by Gasteiger charge is -2.32. The molecule has 2 heterocycles. The zero-order valence-electron chi connectivity index (χ0n) is 11.0. The Morgan fingerprint density at radius 1 is 1.56 bits per heavy atom. The lowest BCUT2D eigenvalue weighted by atomic mass is 10.0. The van der Waals surface area contributed by atoms with Crippen LogP contribution in [0.5, 0.6) is 0 Å². The number of nitrogens with zero attached hydrogens (tertiary/aromatic N) is 1. The van der Waals surface area contributed by atoms with Gasteiger partial charge in [-0.25, -0.2) is 0 Å². The van der Waals surface area contributed by atoms with Crippen molar-refractivity contribution in [1.29, 1.82) is 0 Å². The Morgan fingerprint density at radius 2 is 2.44 bits per heavy atom. The highest BCUT2D eigenvalue weighted by Crippen LogP contribution is 2.15. The number of thiophene rings is 1. The zero-order valence-corrected chi connectivity index (χ0v) is 11.8. The molecular formula is C14H22N2OS. The number of hydrogen-bond acceptors (Lipinski definition) is 3. The molecule has 1 amide bonds. The molecule has 100 valence electrons. The van der Waals surface area contributed by atoms with Gasteiger partial charge in [-0.1, -0.05) is 12.5 Å². The van der Waals surface area contributed by atoms with E-state index in [-0.39, 0.29) is 5.91 Å². The van der Waals surface area contributed by atoms with Gasteiger partial charge in [-0.3, -0.25) is 9.69 Å². The Bertz CT molecular complexity index is 364. The first-order valence-electron chi connectivity index (χ1n) is 6.79. The highest BCUT2D eigenvalue weighted by atomic mass is 32.1. The number of carbonyl (C=O) groups is 1. The Hall–Kier alpha value is -0.870. The van der Waals surface area contributed by atoms with Crippen molar-refractivity contribution in [3.8, 4) is 0 Å². The van der Waals surface area contributed by atoms with Crippen LogP contribution in [-0.2, 0) is 11.2 Å². The lowest BCUT2D eigenvalue weighted by Crippen LogP contribution is -2.44. The fourth-order valence-electron chi connectivity index (χ4n) is 2.41. The van der Waals surface area contributed by atoms with Crippen LogP contribution in [0.15, 0.2) is 17.5 Å². The molecule has 18 heavy (non-hydrogen) atoms. The molecule has 0 aromatic carbocycles. The van der Waals surface area contributed by atoms with E-state index in [2.05, 4.69) is 34.7 Å². The van der Waals surface area contributed by atoms with Gasteiger partial charge in [0.2, 0.25) is 5.91 Å². The second-order valence-corrected chi connectivity index (χ2v) is 6.03. The smallest absolute Gasteiger partial charge is 0.234 e. The summed E-state index contributed by atoms with van der Waals surface area (Å²) in [6, 6.07) is 4.72. The molecule has 1 atom stereocenters. The van der Waals surface area contributed by atoms with Crippen molar-refractivity contribution >= 4 is 17.2 Å². The molecule has 0 spiro atoms. The van der Waals surface area contributed by atoms with E-state index in [0.29, 0.717) is 12.6 Å². The maximum atomic E-state index is 11.8. The first kappa shape index (κ1) is 13.6. The van der Waals surface area contributed by atoms with Gasteiger partial charge >= 0.3 is 0 Å². The second-order valence-electron chi connectivity index (χ2n) is 4.99. The van der Waals surface area contributed by atoms with Crippen molar-refractivity contribution in [3.05, 3.63) is 22.4 Å². The molecule has 4 heteroatoms. The second kappa shape index (κ2) is 6.90. The molecule has 0 aliphatic carbocycles. The SMILES string of the molecule is C[C@H]1CCCCN1CC(=O)NCCc1cccs1. The van der Waals surface area contributed by atoms with E-state index in [1.165, 1.54) is 24.1 Å². The molecule has 0 saturated carbocycles. The molecule has 1 aliphatic rings. The first-order valence-corrected chi connectivity index (χ1v) is 7.67. The van der Waals surface area contributed by atoms with Crippen LogP contribution in [0, 0.1) is 0 Å². The van der Waals surface area contributed by atoms with Gasteiger partial charge < -0.3 is 5.32 Å². The predicted molar refractivity (Wildman–Crippen MR) is 75.9 cm³/mol. The van der Waals surface area contributed by atoms with Crippen LogP contribution in [0.1, 0.15) is 31.1 Å². The van der Waals surface area contributed by atoms with Crippen LogP contribution in [0.25, 0.3) is 0 Å². The molecule has 3 nitrogen and oxygen atoms in total. The molecular weight excluding hydrogens is 244 g/mol. The third-order valence-corrected chi connectivity index (χ3v) is 4.50. The third kappa shape index (κ3) is 4.10. The van der Waals surface area contributed by atoms with Crippen molar-refractivity contribution in [2.45, 2.75) is 38.6 Å². The number of amides is 1. The molecule has 0 unspecified atom stereocenters. The zero-order chi connectivity index (χ0) is 12.8. The van der Waals surface area contributed by atoms with E-state index in [9.17, 15) is 4.79 Å². The van der Waals surface area contributed by atoms with E-state index in [4.69, 9.17) is 0 Å². The van der Waals surface area contributed by atoms with Gasteiger partial charge in [0.1, 0.15) is 0 Å². The minimum absolute atomic E-state index is 0.167. The van der Waals surface area contributed by atoms with Gasteiger partial charge in [0.25, 0.3) is 0 Å². The van der Waals surface area contributed by atoms with E-state index >= 15 is 0 Å². The fourth-order valence-corrected chi connectivity index (χ4v) is 3.12. The van der Waals surface area contributed by atoms with Gasteiger partial charge in [-0.05, 0) is 44.2 Å². The summed E-state index contributed by atoms with van der Waals surface area (Å²) in [6.07, 6.45) is 4.70. The average Bonchev–Trinajstić information content (AvgIpc) is 2.85. The molecule has 1 saturated heterocycles. The molecule has 1 fully saturated rings.